The van der Waals surface area contributed by atoms with Crippen LogP contribution in [-0.2, 0) is 0 Å². The van der Waals surface area contributed by atoms with Gasteiger partial charge in [0.1, 0.15) is 5.82 Å². The third-order valence-corrected chi connectivity index (χ3v) is 3.10. The summed E-state index contributed by atoms with van der Waals surface area (Å²) < 4.78 is 0. The molecule has 0 bridgehead atoms. The molecule has 2 N–H and O–H groups in total. The zero-order valence-corrected chi connectivity index (χ0v) is 13.9. The van der Waals surface area contributed by atoms with Crippen molar-refractivity contribution in [1.29, 1.82) is 0 Å². The van der Waals surface area contributed by atoms with Crippen LogP contribution in [-0.4, -0.2) is 49.5 Å². The first-order valence-electron chi connectivity index (χ1n) is 7.62. The summed E-state index contributed by atoms with van der Waals surface area (Å²) in [4.78, 5) is 18.8. The van der Waals surface area contributed by atoms with Crippen LogP contribution in [0, 0.1) is 0 Å². The van der Waals surface area contributed by atoms with Crippen LogP contribution in [0.4, 0.5) is 5.82 Å². The van der Waals surface area contributed by atoms with Crippen molar-refractivity contribution in [3.05, 3.63) is 23.4 Å². The monoisotopic (exact) mass is 292 g/mol. The number of carbonyl (C=O) groups is 1. The summed E-state index contributed by atoms with van der Waals surface area (Å²) in [5.74, 6) is 1.03. The maximum atomic E-state index is 12.2. The second-order valence-electron chi connectivity index (χ2n) is 5.81. The van der Waals surface area contributed by atoms with Gasteiger partial charge in [-0.3, -0.25) is 4.79 Å². The number of hydrogen-bond acceptors (Lipinski definition) is 4. The van der Waals surface area contributed by atoms with Gasteiger partial charge < -0.3 is 15.5 Å². The second kappa shape index (κ2) is 8.62. The first kappa shape index (κ1) is 17.4. The minimum atomic E-state index is -0.0410. The molecule has 1 aromatic rings. The molecule has 0 saturated carbocycles. The lowest BCUT2D eigenvalue weighted by Crippen LogP contribution is -2.31. The van der Waals surface area contributed by atoms with Crippen molar-refractivity contribution in [3.63, 3.8) is 0 Å². The Morgan fingerprint density at radius 3 is 2.57 bits per heavy atom. The van der Waals surface area contributed by atoms with E-state index in [-0.39, 0.29) is 5.91 Å². The third kappa shape index (κ3) is 6.12. The molecule has 0 fully saturated rings. The first-order valence-corrected chi connectivity index (χ1v) is 7.62. The van der Waals surface area contributed by atoms with E-state index in [1.165, 1.54) is 0 Å². The van der Waals surface area contributed by atoms with Gasteiger partial charge in [0.25, 0.3) is 5.91 Å². The summed E-state index contributed by atoms with van der Waals surface area (Å²) in [6.45, 7) is 8.60. The third-order valence-electron chi connectivity index (χ3n) is 3.10. The van der Waals surface area contributed by atoms with Gasteiger partial charge in [-0.05, 0) is 38.6 Å². The maximum Gasteiger partial charge on any atom is 0.251 e. The molecule has 0 aliphatic carbocycles. The Morgan fingerprint density at radius 1 is 1.29 bits per heavy atom. The van der Waals surface area contributed by atoms with Crippen LogP contribution < -0.4 is 10.6 Å². The molecule has 21 heavy (non-hydrogen) atoms. The molecule has 118 valence electrons. The van der Waals surface area contributed by atoms with Gasteiger partial charge in [0.2, 0.25) is 0 Å². The summed E-state index contributed by atoms with van der Waals surface area (Å²) in [7, 11) is 3.98. The minimum absolute atomic E-state index is 0.0410. The van der Waals surface area contributed by atoms with Crippen LogP contribution in [0.3, 0.4) is 0 Å². The molecule has 0 atom stereocenters. The number of anilines is 1. The van der Waals surface area contributed by atoms with Crippen molar-refractivity contribution >= 4 is 11.7 Å². The van der Waals surface area contributed by atoms with Crippen molar-refractivity contribution in [3.8, 4) is 0 Å². The zero-order valence-electron chi connectivity index (χ0n) is 13.9. The van der Waals surface area contributed by atoms with Crippen molar-refractivity contribution in [2.75, 3.05) is 39.0 Å². The number of aromatic nitrogens is 1. The van der Waals surface area contributed by atoms with Crippen LogP contribution in [0.5, 0.6) is 0 Å². The molecule has 0 aliphatic heterocycles. The van der Waals surface area contributed by atoms with E-state index in [4.69, 9.17) is 0 Å². The molecule has 0 saturated heterocycles. The fourth-order valence-corrected chi connectivity index (χ4v) is 1.82. The van der Waals surface area contributed by atoms with Gasteiger partial charge in [0, 0.05) is 30.9 Å². The SMILES string of the molecule is CCCNc1cc(C(=O)NCCN(C)C)cc(C(C)C)n1. The standard InChI is InChI=1S/C16H28N4O/c1-6-7-17-15-11-13(10-14(19-15)12(2)3)16(21)18-8-9-20(4)5/h10-12H,6-9H2,1-5H3,(H,17,19)(H,18,21). The number of carbonyl (C=O) groups excluding carboxylic acids is 1. The van der Waals surface area contributed by atoms with Gasteiger partial charge in [0.05, 0.1) is 0 Å². The van der Waals surface area contributed by atoms with Crippen molar-refractivity contribution < 1.29 is 4.79 Å². The topological polar surface area (TPSA) is 57.3 Å². The Kier molecular flexibility index (Phi) is 7.15. The van der Waals surface area contributed by atoms with E-state index in [9.17, 15) is 4.79 Å². The second-order valence-corrected chi connectivity index (χ2v) is 5.81. The summed E-state index contributed by atoms with van der Waals surface area (Å²) >= 11 is 0. The molecule has 1 heterocycles. The summed E-state index contributed by atoms with van der Waals surface area (Å²) in [5, 5.41) is 6.20. The number of rotatable bonds is 8. The predicted molar refractivity (Wildman–Crippen MR) is 88.0 cm³/mol. The van der Waals surface area contributed by atoms with E-state index in [1.807, 2.05) is 31.1 Å². The molecular weight excluding hydrogens is 264 g/mol. The van der Waals surface area contributed by atoms with Gasteiger partial charge in [-0.1, -0.05) is 20.8 Å². The minimum Gasteiger partial charge on any atom is -0.370 e. The number of nitrogens with zero attached hydrogens (tertiary/aromatic N) is 2. The molecule has 0 unspecified atom stereocenters. The molecule has 1 aromatic heterocycles. The van der Waals surface area contributed by atoms with Crippen molar-refractivity contribution in [2.24, 2.45) is 0 Å². The molecule has 0 aromatic carbocycles. The molecular formula is C16H28N4O. The van der Waals surface area contributed by atoms with Gasteiger partial charge in [0.15, 0.2) is 0 Å². The Hall–Kier alpha value is -1.62. The van der Waals surface area contributed by atoms with E-state index in [1.54, 1.807) is 0 Å². The smallest absolute Gasteiger partial charge is 0.251 e. The highest BCUT2D eigenvalue weighted by molar-refractivity contribution is 5.95. The highest BCUT2D eigenvalue weighted by Crippen LogP contribution is 2.17. The molecule has 0 spiro atoms. The molecule has 1 amide bonds. The Labute approximate surface area is 128 Å². The van der Waals surface area contributed by atoms with Gasteiger partial charge in [-0.15, -0.1) is 0 Å². The predicted octanol–water partition coefficient (Wildman–Crippen LogP) is 2.32. The van der Waals surface area contributed by atoms with E-state index in [0.717, 1.165) is 31.0 Å². The number of pyridine rings is 1. The molecule has 0 radical (unpaired) electrons. The highest BCUT2D eigenvalue weighted by atomic mass is 16.1. The van der Waals surface area contributed by atoms with E-state index in [2.05, 4.69) is 36.4 Å². The number of likely N-dealkylation sites (N-methyl/N-ethyl adjacent to an activating group) is 1. The largest absolute Gasteiger partial charge is 0.370 e. The first-order chi connectivity index (χ1) is 9.93. The van der Waals surface area contributed by atoms with Crippen LogP contribution in [0.15, 0.2) is 12.1 Å². The van der Waals surface area contributed by atoms with Gasteiger partial charge in [-0.2, -0.15) is 0 Å². The van der Waals surface area contributed by atoms with E-state index < -0.39 is 0 Å². The van der Waals surface area contributed by atoms with Gasteiger partial charge in [-0.25, -0.2) is 4.98 Å². The van der Waals surface area contributed by atoms with Crippen molar-refractivity contribution in [2.45, 2.75) is 33.1 Å². The number of nitrogens with one attached hydrogen (secondary N) is 2. The highest BCUT2D eigenvalue weighted by Gasteiger charge is 2.11. The Bertz CT molecular complexity index is 458. The lowest BCUT2D eigenvalue weighted by Gasteiger charge is -2.13. The van der Waals surface area contributed by atoms with Crippen LogP contribution in [0.25, 0.3) is 0 Å². The zero-order chi connectivity index (χ0) is 15.8. The van der Waals surface area contributed by atoms with Crippen molar-refractivity contribution in [1.82, 2.24) is 15.2 Å². The normalized spacial score (nSPS) is 11.0. The Balaban J connectivity index is 2.83. The summed E-state index contributed by atoms with van der Waals surface area (Å²) in [6, 6.07) is 3.71. The maximum absolute atomic E-state index is 12.2. The fraction of sp³-hybridized carbons (Fsp3) is 0.625. The lowest BCUT2D eigenvalue weighted by molar-refractivity contribution is 0.0951. The lowest BCUT2D eigenvalue weighted by atomic mass is 10.1. The number of hydrogen-bond donors (Lipinski definition) is 2. The number of amides is 1. The van der Waals surface area contributed by atoms with Gasteiger partial charge >= 0.3 is 0 Å². The molecule has 5 heteroatoms. The fourth-order valence-electron chi connectivity index (χ4n) is 1.82. The summed E-state index contributed by atoms with van der Waals surface area (Å²) in [5.41, 5.74) is 1.61. The average Bonchev–Trinajstić information content (AvgIpc) is 2.44. The quantitative estimate of drug-likeness (QED) is 0.772. The molecule has 0 aliphatic rings. The van der Waals surface area contributed by atoms with Crippen LogP contribution in [0.2, 0.25) is 0 Å². The van der Waals surface area contributed by atoms with E-state index in [0.29, 0.717) is 18.0 Å². The molecule has 5 nitrogen and oxygen atoms in total. The summed E-state index contributed by atoms with van der Waals surface area (Å²) in [6.07, 6.45) is 1.03. The Morgan fingerprint density at radius 2 is 2.00 bits per heavy atom. The van der Waals surface area contributed by atoms with Crippen LogP contribution >= 0.6 is 0 Å². The average molecular weight is 292 g/mol. The van der Waals surface area contributed by atoms with Crippen LogP contribution in [0.1, 0.15) is 49.2 Å². The molecule has 1 rings (SSSR count). The van der Waals surface area contributed by atoms with E-state index >= 15 is 0 Å².